The minimum atomic E-state index is -3.10. The SMILES string of the molecule is [CH2]CN(C)S(=O)(=O)CCCN1CCOCC1. The molecule has 16 heavy (non-hydrogen) atoms. The maximum absolute atomic E-state index is 11.6. The smallest absolute Gasteiger partial charge is 0.213 e. The first-order chi connectivity index (χ1) is 7.56. The van der Waals surface area contributed by atoms with Crippen molar-refractivity contribution in [1.29, 1.82) is 0 Å². The van der Waals surface area contributed by atoms with Gasteiger partial charge in [0.05, 0.1) is 19.0 Å². The normalized spacial score (nSPS) is 19.2. The molecule has 0 aliphatic carbocycles. The van der Waals surface area contributed by atoms with Gasteiger partial charge in [0.25, 0.3) is 0 Å². The molecule has 0 N–H and O–H groups in total. The first kappa shape index (κ1) is 13.9. The minimum Gasteiger partial charge on any atom is -0.379 e. The summed E-state index contributed by atoms with van der Waals surface area (Å²) < 4.78 is 29.8. The summed E-state index contributed by atoms with van der Waals surface area (Å²) in [6.07, 6.45) is 0.673. The lowest BCUT2D eigenvalue weighted by molar-refractivity contribution is 0.0380. The van der Waals surface area contributed by atoms with Crippen LogP contribution in [-0.2, 0) is 14.8 Å². The Hall–Kier alpha value is -0.170. The summed E-state index contributed by atoms with van der Waals surface area (Å²) in [6.45, 7) is 8.02. The maximum atomic E-state index is 11.6. The van der Waals surface area contributed by atoms with Gasteiger partial charge in [0.1, 0.15) is 0 Å². The molecule has 1 aliphatic rings. The van der Waals surface area contributed by atoms with Crippen LogP contribution in [0.3, 0.4) is 0 Å². The zero-order chi connectivity index (χ0) is 12.0. The second kappa shape index (κ2) is 6.54. The Labute approximate surface area is 98.4 Å². The fourth-order valence-electron chi connectivity index (χ4n) is 1.59. The van der Waals surface area contributed by atoms with Crippen molar-refractivity contribution in [3.05, 3.63) is 6.92 Å². The highest BCUT2D eigenvalue weighted by Crippen LogP contribution is 2.03. The van der Waals surface area contributed by atoms with E-state index in [1.165, 1.54) is 4.31 Å². The third kappa shape index (κ3) is 4.37. The van der Waals surface area contributed by atoms with Gasteiger partial charge >= 0.3 is 0 Å². The Bertz CT molecular complexity index is 286. The number of rotatable bonds is 6. The van der Waals surface area contributed by atoms with E-state index >= 15 is 0 Å². The van der Waals surface area contributed by atoms with Gasteiger partial charge in [-0.05, 0) is 19.9 Å². The van der Waals surface area contributed by atoms with Crippen LogP contribution >= 0.6 is 0 Å². The van der Waals surface area contributed by atoms with Gasteiger partial charge in [-0.25, -0.2) is 12.7 Å². The third-order valence-corrected chi connectivity index (χ3v) is 4.71. The summed E-state index contributed by atoms with van der Waals surface area (Å²) in [4.78, 5) is 2.24. The largest absolute Gasteiger partial charge is 0.379 e. The molecule has 1 fully saturated rings. The van der Waals surface area contributed by atoms with E-state index in [9.17, 15) is 8.42 Å². The quantitative estimate of drug-likeness (QED) is 0.654. The zero-order valence-corrected chi connectivity index (χ0v) is 10.7. The van der Waals surface area contributed by atoms with Gasteiger partial charge in [-0.1, -0.05) is 0 Å². The van der Waals surface area contributed by atoms with Crippen LogP contribution in [0, 0.1) is 6.92 Å². The monoisotopic (exact) mass is 249 g/mol. The van der Waals surface area contributed by atoms with E-state index in [-0.39, 0.29) is 5.75 Å². The van der Waals surface area contributed by atoms with Crippen molar-refractivity contribution in [2.45, 2.75) is 6.42 Å². The van der Waals surface area contributed by atoms with Crippen molar-refractivity contribution in [2.75, 3.05) is 52.2 Å². The number of ether oxygens (including phenoxy) is 1. The van der Waals surface area contributed by atoms with Gasteiger partial charge < -0.3 is 4.74 Å². The van der Waals surface area contributed by atoms with Crippen molar-refractivity contribution >= 4 is 10.0 Å². The lowest BCUT2D eigenvalue weighted by atomic mass is 10.4. The van der Waals surface area contributed by atoms with Crippen LogP contribution in [-0.4, -0.2) is 69.8 Å². The molecule has 1 aliphatic heterocycles. The number of morpholine rings is 1. The van der Waals surface area contributed by atoms with Crippen LogP contribution in [0.2, 0.25) is 0 Å². The fourth-order valence-corrected chi connectivity index (χ4v) is 2.67. The molecule has 0 aromatic carbocycles. The first-order valence-corrected chi connectivity index (χ1v) is 7.20. The molecule has 0 aromatic rings. The van der Waals surface area contributed by atoms with E-state index in [4.69, 9.17) is 4.74 Å². The van der Waals surface area contributed by atoms with Crippen LogP contribution < -0.4 is 0 Å². The molecule has 0 bridgehead atoms. The van der Waals surface area contributed by atoms with E-state index in [0.29, 0.717) is 13.0 Å². The molecule has 5 nitrogen and oxygen atoms in total. The highest BCUT2D eigenvalue weighted by Gasteiger charge is 2.17. The predicted molar refractivity (Wildman–Crippen MR) is 63.6 cm³/mol. The number of hydrogen-bond acceptors (Lipinski definition) is 4. The topological polar surface area (TPSA) is 49.9 Å². The minimum absolute atomic E-state index is 0.205. The Balaban J connectivity index is 2.23. The number of hydrogen-bond donors (Lipinski definition) is 0. The molecule has 0 aromatic heterocycles. The summed E-state index contributed by atoms with van der Waals surface area (Å²) in [6, 6.07) is 0. The third-order valence-electron chi connectivity index (χ3n) is 2.77. The van der Waals surface area contributed by atoms with Gasteiger partial charge in [-0.3, -0.25) is 4.90 Å². The average molecular weight is 249 g/mol. The molecule has 0 atom stereocenters. The van der Waals surface area contributed by atoms with Crippen LogP contribution in [0.25, 0.3) is 0 Å². The molecule has 6 heteroatoms. The molecular formula is C10H21N2O3S. The first-order valence-electron chi connectivity index (χ1n) is 5.59. The van der Waals surface area contributed by atoms with Crippen molar-refractivity contribution in [2.24, 2.45) is 0 Å². The van der Waals surface area contributed by atoms with Gasteiger partial charge in [-0.2, -0.15) is 0 Å². The molecule has 0 amide bonds. The van der Waals surface area contributed by atoms with Crippen molar-refractivity contribution in [1.82, 2.24) is 9.21 Å². The summed E-state index contributed by atoms with van der Waals surface area (Å²) in [7, 11) is -1.53. The highest BCUT2D eigenvalue weighted by atomic mass is 32.2. The van der Waals surface area contributed by atoms with Gasteiger partial charge in [0, 0.05) is 26.7 Å². The molecule has 1 radical (unpaired) electrons. The van der Waals surface area contributed by atoms with Gasteiger partial charge in [-0.15, -0.1) is 0 Å². The van der Waals surface area contributed by atoms with E-state index in [1.807, 2.05) is 0 Å². The van der Waals surface area contributed by atoms with Gasteiger partial charge in [0.15, 0.2) is 0 Å². The van der Waals surface area contributed by atoms with Crippen molar-refractivity contribution in [3.63, 3.8) is 0 Å². The predicted octanol–water partition coefficient (Wildman–Crippen LogP) is -0.196. The molecule has 1 rings (SSSR count). The molecule has 0 saturated carbocycles. The molecule has 0 spiro atoms. The van der Waals surface area contributed by atoms with E-state index in [1.54, 1.807) is 7.05 Å². The fraction of sp³-hybridized carbons (Fsp3) is 0.900. The van der Waals surface area contributed by atoms with Crippen LogP contribution in [0.4, 0.5) is 0 Å². The summed E-state index contributed by atoms with van der Waals surface area (Å²) in [5, 5.41) is 0. The van der Waals surface area contributed by atoms with Gasteiger partial charge in [0.2, 0.25) is 10.0 Å². The number of sulfonamides is 1. The Morgan fingerprint density at radius 2 is 2.00 bits per heavy atom. The van der Waals surface area contributed by atoms with Crippen LogP contribution in [0.5, 0.6) is 0 Å². The lowest BCUT2D eigenvalue weighted by Gasteiger charge is -2.26. The standard InChI is InChI=1S/C10H21N2O3S/c1-3-11(2)16(13,14)10-4-5-12-6-8-15-9-7-12/h1,3-10H2,2H3. The Morgan fingerprint density at radius 3 is 2.56 bits per heavy atom. The lowest BCUT2D eigenvalue weighted by Crippen LogP contribution is -2.38. The summed E-state index contributed by atoms with van der Waals surface area (Å²) in [5.74, 6) is 0.205. The van der Waals surface area contributed by atoms with Crippen molar-refractivity contribution in [3.8, 4) is 0 Å². The van der Waals surface area contributed by atoms with E-state index < -0.39 is 10.0 Å². The van der Waals surface area contributed by atoms with Crippen molar-refractivity contribution < 1.29 is 13.2 Å². The van der Waals surface area contributed by atoms with Crippen LogP contribution in [0.1, 0.15) is 6.42 Å². The zero-order valence-electron chi connectivity index (χ0n) is 9.89. The van der Waals surface area contributed by atoms with Crippen LogP contribution in [0.15, 0.2) is 0 Å². The average Bonchev–Trinajstić information content (AvgIpc) is 2.29. The molecule has 95 valence electrons. The van der Waals surface area contributed by atoms with E-state index in [2.05, 4.69) is 11.8 Å². The second-order valence-electron chi connectivity index (χ2n) is 3.95. The van der Waals surface area contributed by atoms with E-state index in [0.717, 1.165) is 32.8 Å². The summed E-state index contributed by atoms with van der Waals surface area (Å²) in [5.41, 5.74) is 0. The molecule has 1 heterocycles. The Kier molecular flexibility index (Phi) is 5.68. The maximum Gasteiger partial charge on any atom is 0.213 e. The molecular weight excluding hydrogens is 228 g/mol. The second-order valence-corrected chi connectivity index (χ2v) is 6.14. The Morgan fingerprint density at radius 1 is 1.38 bits per heavy atom. The molecule has 0 unspecified atom stereocenters. The molecule has 1 saturated heterocycles. The highest BCUT2D eigenvalue weighted by molar-refractivity contribution is 7.89. The number of nitrogens with zero attached hydrogens (tertiary/aromatic N) is 2. The summed E-state index contributed by atoms with van der Waals surface area (Å²) >= 11 is 0.